The van der Waals surface area contributed by atoms with Gasteiger partial charge in [0, 0.05) is 6.04 Å². The van der Waals surface area contributed by atoms with E-state index in [4.69, 9.17) is 0 Å². The molecule has 1 rings (SSSR count). The number of rotatable bonds is 3. The minimum Gasteiger partial charge on any atom is -0.372 e. The average molecular weight is 140 g/mol. The predicted molar refractivity (Wildman–Crippen MR) is 44.4 cm³/mol. The number of nitrogens with one attached hydrogen (secondary N) is 1. The van der Waals surface area contributed by atoms with Crippen molar-refractivity contribution in [2.45, 2.75) is 45.2 Å². The first-order chi connectivity index (χ1) is 4.84. The zero-order chi connectivity index (χ0) is 7.40. The Morgan fingerprint density at radius 3 is 2.90 bits per heavy atom. The molecule has 1 aliphatic rings. The molecular formula is C8H16N2. The summed E-state index contributed by atoms with van der Waals surface area (Å²) in [5.41, 5.74) is 0. The molecule has 0 aliphatic carbocycles. The summed E-state index contributed by atoms with van der Waals surface area (Å²) in [4.78, 5) is 4.32. The molecule has 0 saturated carbocycles. The molecule has 0 fully saturated rings. The summed E-state index contributed by atoms with van der Waals surface area (Å²) >= 11 is 0. The molecule has 58 valence electrons. The first-order valence-corrected chi connectivity index (χ1v) is 4.12. The second-order valence-corrected chi connectivity index (χ2v) is 2.94. The fourth-order valence-electron chi connectivity index (χ4n) is 1.23. The van der Waals surface area contributed by atoms with Crippen LogP contribution in [0.3, 0.4) is 0 Å². The van der Waals surface area contributed by atoms with Gasteiger partial charge in [0.2, 0.25) is 0 Å². The largest absolute Gasteiger partial charge is 0.372 e. The molecule has 0 aromatic rings. The number of aliphatic imine (C=N–C) groups is 1. The molecular weight excluding hydrogens is 124 g/mol. The summed E-state index contributed by atoms with van der Waals surface area (Å²) in [6.07, 6.45) is 5.65. The van der Waals surface area contributed by atoms with Crippen LogP contribution >= 0.6 is 0 Å². The van der Waals surface area contributed by atoms with Crippen LogP contribution in [-0.4, -0.2) is 18.4 Å². The smallest absolute Gasteiger partial charge is 0.0831 e. The topological polar surface area (TPSA) is 24.4 Å². The van der Waals surface area contributed by atoms with Gasteiger partial charge in [-0.1, -0.05) is 19.8 Å². The van der Waals surface area contributed by atoms with E-state index in [2.05, 4.69) is 24.2 Å². The van der Waals surface area contributed by atoms with Gasteiger partial charge in [0.1, 0.15) is 0 Å². The fourth-order valence-corrected chi connectivity index (χ4v) is 1.23. The molecule has 0 radical (unpaired) electrons. The lowest BCUT2D eigenvalue weighted by molar-refractivity contribution is 0.508. The van der Waals surface area contributed by atoms with E-state index in [1.807, 2.05) is 6.34 Å². The van der Waals surface area contributed by atoms with E-state index in [0.717, 1.165) is 0 Å². The minimum absolute atomic E-state index is 0.542. The third-order valence-corrected chi connectivity index (χ3v) is 2.03. The summed E-state index contributed by atoms with van der Waals surface area (Å²) < 4.78 is 0. The lowest BCUT2D eigenvalue weighted by Gasteiger charge is -2.11. The Balaban J connectivity index is 2.20. The Morgan fingerprint density at radius 2 is 2.40 bits per heavy atom. The van der Waals surface area contributed by atoms with Gasteiger partial charge in [-0.05, 0) is 13.3 Å². The Kier molecular flexibility index (Phi) is 2.72. The van der Waals surface area contributed by atoms with Gasteiger partial charge in [-0.25, -0.2) is 0 Å². The van der Waals surface area contributed by atoms with Gasteiger partial charge in [0.25, 0.3) is 0 Å². The van der Waals surface area contributed by atoms with Crippen molar-refractivity contribution in [2.24, 2.45) is 4.99 Å². The van der Waals surface area contributed by atoms with Gasteiger partial charge >= 0.3 is 0 Å². The van der Waals surface area contributed by atoms with Crippen LogP contribution in [-0.2, 0) is 0 Å². The van der Waals surface area contributed by atoms with Gasteiger partial charge in [-0.2, -0.15) is 0 Å². The minimum atomic E-state index is 0.542. The van der Waals surface area contributed by atoms with Crippen molar-refractivity contribution >= 4 is 6.34 Å². The molecule has 1 heterocycles. The monoisotopic (exact) mass is 140 g/mol. The Bertz CT molecular complexity index is 120. The van der Waals surface area contributed by atoms with Crippen molar-refractivity contribution in [3.8, 4) is 0 Å². The highest BCUT2D eigenvalue weighted by atomic mass is 15.1. The lowest BCUT2D eigenvalue weighted by atomic mass is 10.1. The van der Waals surface area contributed by atoms with Crippen molar-refractivity contribution in [3.63, 3.8) is 0 Å². The van der Waals surface area contributed by atoms with Crippen LogP contribution < -0.4 is 5.32 Å². The average Bonchev–Trinajstić information content (AvgIpc) is 2.31. The maximum Gasteiger partial charge on any atom is 0.0831 e. The fraction of sp³-hybridized carbons (Fsp3) is 0.875. The predicted octanol–water partition coefficient (Wildman–Crippen LogP) is 1.57. The number of hydrogen-bond donors (Lipinski definition) is 1. The van der Waals surface area contributed by atoms with E-state index in [9.17, 15) is 0 Å². The highest BCUT2D eigenvalue weighted by molar-refractivity contribution is 5.58. The highest BCUT2D eigenvalue weighted by Crippen LogP contribution is 2.10. The zero-order valence-corrected chi connectivity index (χ0v) is 6.80. The van der Waals surface area contributed by atoms with Gasteiger partial charge in [0.15, 0.2) is 0 Å². The molecule has 1 N–H and O–H groups in total. The van der Waals surface area contributed by atoms with Crippen molar-refractivity contribution in [1.82, 2.24) is 5.32 Å². The Labute approximate surface area is 62.7 Å². The molecule has 10 heavy (non-hydrogen) atoms. The van der Waals surface area contributed by atoms with Crippen LogP contribution in [0.25, 0.3) is 0 Å². The van der Waals surface area contributed by atoms with E-state index >= 15 is 0 Å². The zero-order valence-electron chi connectivity index (χ0n) is 6.80. The molecule has 2 unspecified atom stereocenters. The summed E-state index contributed by atoms with van der Waals surface area (Å²) in [7, 11) is 0. The van der Waals surface area contributed by atoms with E-state index in [0.29, 0.717) is 12.1 Å². The number of nitrogens with zero attached hydrogens (tertiary/aromatic N) is 1. The molecule has 1 aliphatic heterocycles. The van der Waals surface area contributed by atoms with Gasteiger partial charge < -0.3 is 5.32 Å². The van der Waals surface area contributed by atoms with E-state index in [1.165, 1.54) is 19.3 Å². The second kappa shape index (κ2) is 3.59. The molecule has 0 aromatic carbocycles. The molecule has 0 aromatic heterocycles. The lowest BCUT2D eigenvalue weighted by Crippen LogP contribution is -2.27. The quantitative estimate of drug-likeness (QED) is 0.632. The standard InChI is InChI=1S/C8H16N2/c1-3-4-5-8-7(2)9-6-10-8/h6-8H,3-5H2,1-2H3,(H,9,10). The SMILES string of the molecule is CCCCC1N=CNC1C. The third-order valence-electron chi connectivity index (χ3n) is 2.03. The van der Waals surface area contributed by atoms with Gasteiger partial charge in [-0.15, -0.1) is 0 Å². The molecule has 2 heteroatoms. The summed E-state index contributed by atoms with van der Waals surface area (Å²) in [6.45, 7) is 4.41. The van der Waals surface area contributed by atoms with Crippen LogP contribution in [0, 0.1) is 0 Å². The molecule has 0 bridgehead atoms. The Hall–Kier alpha value is -0.530. The normalized spacial score (nSPS) is 30.6. The maximum absolute atomic E-state index is 4.32. The molecule has 0 spiro atoms. The first kappa shape index (κ1) is 7.58. The van der Waals surface area contributed by atoms with E-state index < -0.39 is 0 Å². The Morgan fingerprint density at radius 1 is 1.60 bits per heavy atom. The third kappa shape index (κ3) is 1.72. The van der Waals surface area contributed by atoms with Crippen LogP contribution in [0.2, 0.25) is 0 Å². The van der Waals surface area contributed by atoms with Gasteiger partial charge in [0.05, 0.1) is 12.4 Å². The van der Waals surface area contributed by atoms with Crippen LogP contribution in [0.4, 0.5) is 0 Å². The number of hydrogen-bond acceptors (Lipinski definition) is 2. The van der Waals surface area contributed by atoms with Crippen LogP contribution in [0.1, 0.15) is 33.1 Å². The maximum atomic E-state index is 4.32. The first-order valence-electron chi connectivity index (χ1n) is 4.12. The van der Waals surface area contributed by atoms with Crippen LogP contribution in [0.5, 0.6) is 0 Å². The van der Waals surface area contributed by atoms with Crippen molar-refractivity contribution in [2.75, 3.05) is 0 Å². The van der Waals surface area contributed by atoms with Crippen molar-refractivity contribution < 1.29 is 0 Å². The van der Waals surface area contributed by atoms with Crippen molar-refractivity contribution in [1.29, 1.82) is 0 Å². The highest BCUT2D eigenvalue weighted by Gasteiger charge is 2.17. The van der Waals surface area contributed by atoms with Gasteiger partial charge in [-0.3, -0.25) is 4.99 Å². The molecule has 0 amide bonds. The second-order valence-electron chi connectivity index (χ2n) is 2.94. The van der Waals surface area contributed by atoms with Crippen LogP contribution in [0.15, 0.2) is 4.99 Å². The van der Waals surface area contributed by atoms with E-state index in [1.54, 1.807) is 0 Å². The molecule has 2 atom stereocenters. The van der Waals surface area contributed by atoms with Crippen molar-refractivity contribution in [3.05, 3.63) is 0 Å². The summed E-state index contributed by atoms with van der Waals surface area (Å²) in [5.74, 6) is 0. The summed E-state index contributed by atoms with van der Waals surface area (Å²) in [5, 5.41) is 3.19. The van der Waals surface area contributed by atoms with E-state index in [-0.39, 0.29) is 0 Å². The number of unbranched alkanes of at least 4 members (excludes halogenated alkanes) is 1. The summed E-state index contributed by atoms with van der Waals surface area (Å²) in [6, 6.07) is 1.10. The molecule has 2 nitrogen and oxygen atoms in total. The molecule has 0 saturated heterocycles.